The third-order valence-electron chi connectivity index (χ3n) is 6.36. The van der Waals surface area contributed by atoms with Gasteiger partial charge in [-0.3, -0.25) is 4.79 Å². The maximum Gasteiger partial charge on any atom is 0.338 e. The van der Waals surface area contributed by atoms with Crippen LogP contribution in [0.5, 0.6) is 0 Å². The number of halogens is 2. The van der Waals surface area contributed by atoms with E-state index in [9.17, 15) is 18.4 Å². The minimum absolute atomic E-state index is 0.0383. The van der Waals surface area contributed by atoms with Crippen molar-refractivity contribution in [3.8, 4) is 0 Å². The molecule has 0 radical (unpaired) electrons. The summed E-state index contributed by atoms with van der Waals surface area (Å²) in [5, 5.41) is 6.11. The number of esters is 1. The minimum atomic E-state index is -0.805. The number of benzene rings is 3. The van der Waals surface area contributed by atoms with E-state index in [0.717, 1.165) is 24.5 Å². The maximum absolute atomic E-state index is 13.8. The molecule has 0 spiro atoms. The highest BCUT2D eigenvalue weighted by atomic mass is 19.1. The molecule has 0 heterocycles. The average molecular weight is 538 g/mol. The molecule has 0 aliphatic rings. The zero-order valence-electron chi connectivity index (χ0n) is 22.5. The molecule has 39 heavy (non-hydrogen) atoms. The number of ether oxygens (including phenoxy) is 1. The molecule has 0 saturated heterocycles. The zero-order valence-corrected chi connectivity index (χ0v) is 22.5. The SMILES string of the molecule is CCCNC(=O)Cc1ccccc1C(=O)OC(CNCc1cccc(CC)c1)C(N)Cc1cc(F)cc(F)c1. The molecule has 0 saturated carbocycles. The van der Waals surface area contributed by atoms with E-state index in [1.165, 1.54) is 17.7 Å². The van der Waals surface area contributed by atoms with Gasteiger partial charge in [0.15, 0.2) is 0 Å². The van der Waals surface area contributed by atoms with Gasteiger partial charge >= 0.3 is 5.97 Å². The maximum atomic E-state index is 13.8. The number of amides is 1. The zero-order chi connectivity index (χ0) is 28.2. The smallest absolute Gasteiger partial charge is 0.338 e. The number of nitrogens with one attached hydrogen (secondary N) is 2. The van der Waals surface area contributed by atoms with Gasteiger partial charge in [-0.25, -0.2) is 13.6 Å². The van der Waals surface area contributed by atoms with E-state index in [1.54, 1.807) is 24.3 Å². The number of rotatable bonds is 14. The molecule has 2 unspecified atom stereocenters. The molecule has 6 nitrogen and oxygen atoms in total. The van der Waals surface area contributed by atoms with Gasteiger partial charge in [0.2, 0.25) is 5.91 Å². The van der Waals surface area contributed by atoms with E-state index in [2.05, 4.69) is 29.7 Å². The quantitative estimate of drug-likeness (QED) is 0.264. The summed E-state index contributed by atoms with van der Waals surface area (Å²) in [4.78, 5) is 25.6. The van der Waals surface area contributed by atoms with Crippen molar-refractivity contribution in [3.63, 3.8) is 0 Å². The van der Waals surface area contributed by atoms with Crippen LogP contribution in [-0.2, 0) is 35.3 Å². The Balaban J connectivity index is 1.76. The number of hydrogen-bond donors (Lipinski definition) is 3. The normalized spacial score (nSPS) is 12.5. The van der Waals surface area contributed by atoms with Crippen molar-refractivity contribution in [1.82, 2.24) is 10.6 Å². The van der Waals surface area contributed by atoms with E-state index in [-0.39, 0.29) is 30.9 Å². The summed E-state index contributed by atoms with van der Waals surface area (Å²) >= 11 is 0. The second-order valence-electron chi connectivity index (χ2n) is 9.58. The van der Waals surface area contributed by atoms with E-state index in [4.69, 9.17) is 10.5 Å². The predicted molar refractivity (Wildman–Crippen MR) is 148 cm³/mol. The van der Waals surface area contributed by atoms with Crippen LogP contribution in [0.2, 0.25) is 0 Å². The van der Waals surface area contributed by atoms with Crippen LogP contribution in [0.1, 0.15) is 52.9 Å². The van der Waals surface area contributed by atoms with Crippen molar-refractivity contribution in [1.29, 1.82) is 0 Å². The number of hydrogen-bond acceptors (Lipinski definition) is 5. The highest BCUT2D eigenvalue weighted by Crippen LogP contribution is 2.16. The Labute approximate surface area is 228 Å². The fourth-order valence-electron chi connectivity index (χ4n) is 4.31. The largest absolute Gasteiger partial charge is 0.456 e. The first kappa shape index (κ1) is 29.9. The Morgan fingerprint density at radius 3 is 2.36 bits per heavy atom. The van der Waals surface area contributed by atoms with Gasteiger partial charge in [0.1, 0.15) is 17.7 Å². The van der Waals surface area contributed by atoms with Crippen LogP contribution in [0.4, 0.5) is 8.78 Å². The minimum Gasteiger partial charge on any atom is -0.456 e. The lowest BCUT2D eigenvalue weighted by Gasteiger charge is -2.25. The summed E-state index contributed by atoms with van der Waals surface area (Å²) in [6.07, 6.45) is 1.05. The van der Waals surface area contributed by atoms with Gasteiger partial charge < -0.3 is 21.1 Å². The fraction of sp³-hybridized carbons (Fsp3) is 0.355. The third kappa shape index (κ3) is 9.57. The van der Waals surface area contributed by atoms with Crippen LogP contribution in [0, 0.1) is 11.6 Å². The Morgan fingerprint density at radius 2 is 1.64 bits per heavy atom. The second-order valence-corrected chi connectivity index (χ2v) is 9.58. The van der Waals surface area contributed by atoms with E-state index < -0.39 is 29.7 Å². The van der Waals surface area contributed by atoms with E-state index >= 15 is 0 Å². The molecule has 0 aromatic heterocycles. The molecule has 3 rings (SSSR count). The number of aryl methyl sites for hydroxylation is 1. The monoisotopic (exact) mass is 537 g/mol. The van der Waals surface area contributed by atoms with Crippen LogP contribution in [0.25, 0.3) is 0 Å². The molecule has 2 atom stereocenters. The lowest BCUT2D eigenvalue weighted by molar-refractivity contribution is -0.120. The van der Waals surface area contributed by atoms with Gasteiger partial charge in [-0.05, 0) is 59.7 Å². The molecule has 1 amide bonds. The van der Waals surface area contributed by atoms with Crippen molar-refractivity contribution >= 4 is 11.9 Å². The van der Waals surface area contributed by atoms with Crippen molar-refractivity contribution in [2.75, 3.05) is 13.1 Å². The average Bonchev–Trinajstić information content (AvgIpc) is 2.91. The third-order valence-corrected chi connectivity index (χ3v) is 6.36. The van der Waals surface area contributed by atoms with Crippen molar-refractivity contribution in [2.24, 2.45) is 5.73 Å². The van der Waals surface area contributed by atoms with E-state index in [1.807, 2.05) is 19.1 Å². The topological polar surface area (TPSA) is 93.5 Å². The molecule has 3 aromatic carbocycles. The Morgan fingerprint density at radius 1 is 0.923 bits per heavy atom. The van der Waals surface area contributed by atoms with Gasteiger partial charge in [0, 0.05) is 31.7 Å². The lowest BCUT2D eigenvalue weighted by Crippen LogP contribution is -2.46. The Hall–Kier alpha value is -3.62. The highest BCUT2D eigenvalue weighted by Gasteiger charge is 2.25. The first-order valence-corrected chi connectivity index (χ1v) is 13.3. The van der Waals surface area contributed by atoms with Crippen LogP contribution < -0.4 is 16.4 Å². The number of carbonyl (C=O) groups is 2. The van der Waals surface area contributed by atoms with Crippen molar-refractivity contribution in [2.45, 2.75) is 58.2 Å². The van der Waals surface area contributed by atoms with Gasteiger partial charge in [0.25, 0.3) is 0 Å². The molecule has 0 bridgehead atoms. The molecule has 8 heteroatoms. The van der Waals surface area contributed by atoms with Gasteiger partial charge in [-0.15, -0.1) is 0 Å². The van der Waals surface area contributed by atoms with Gasteiger partial charge in [-0.1, -0.05) is 56.3 Å². The second kappa shape index (κ2) is 15.1. The Kier molecular flexibility index (Phi) is 11.6. The van der Waals surface area contributed by atoms with Crippen LogP contribution >= 0.6 is 0 Å². The van der Waals surface area contributed by atoms with Crippen molar-refractivity contribution in [3.05, 3.63) is 106 Å². The van der Waals surface area contributed by atoms with Gasteiger partial charge in [0.05, 0.1) is 12.0 Å². The fourth-order valence-corrected chi connectivity index (χ4v) is 4.31. The van der Waals surface area contributed by atoms with E-state index in [0.29, 0.717) is 24.2 Å². The number of nitrogens with two attached hydrogens (primary N) is 1. The van der Waals surface area contributed by atoms with Crippen LogP contribution in [0.15, 0.2) is 66.7 Å². The molecular formula is C31H37F2N3O3. The van der Waals surface area contributed by atoms with Crippen LogP contribution in [-0.4, -0.2) is 37.1 Å². The molecule has 4 N–H and O–H groups in total. The lowest BCUT2D eigenvalue weighted by atomic mass is 10.0. The summed E-state index contributed by atoms with van der Waals surface area (Å²) in [6.45, 7) is 5.34. The first-order chi connectivity index (χ1) is 18.8. The highest BCUT2D eigenvalue weighted by molar-refractivity contribution is 5.93. The summed E-state index contributed by atoms with van der Waals surface area (Å²) in [5.74, 6) is -2.20. The van der Waals surface area contributed by atoms with Crippen molar-refractivity contribution < 1.29 is 23.1 Å². The summed E-state index contributed by atoms with van der Waals surface area (Å²) in [6, 6.07) is 17.4. The molecule has 208 valence electrons. The van der Waals surface area contributed by atoms with Gasteiger partial charge in [-0.2, -0.15) is 0 Å². The molecule has 0 aliphatic carbocycles. The Bertz CT molecular complexity index is 1230. The number of carbonyl (C=O) groups excluding carboxylic acids is 2. The summed E-state index contributed by atoms with van der Waals surface area (Å²) < 4.78 is 33.4. The molecule has 0 fully saturated rings. The molecular weight excluding hydrogens is 500 g/mol. The molecule has 0 aliphatic heterocycles. The molecule has 3 aromatic rings. The predicted octanol–water partition coefficient (Wildman–Crippen LogP) is 4.48. The first-order valence-electron chi connectivity index (χ1n) is 13.3. The standard InChI is InChI=1S/C31H37F2N3O3/c1-3-12-36-30(37)17-24-10-5-6-11-27(24)31(38)39-29(20-35-19-22-9-7-8-21(4-2)13-22)28(34)16-23-14-25(32)18-26(33)15-23/h5-11,13-15,18,28-29,35H,3-4,12,16-17,19-20,34H2,1-2H3,(H,36,37). The summed E-state index contributed by atoms with van der Waals surface area (Å²) in [7, 11) is 0. The summed E-state index contributed by atoms with van der Waals surface area (Å²) in [5.41, 5.74) is 9.91. The van der Waals surface area contributed by atoms with Crippen LogP contribution in [0.3, 0.4) is 0 Å².